The van der Waals surface area contributed by atoms with Crippen LogP contribution in [0, 0.1) is 0 Å². The molecule has 1 aliphatic heterocycles. The van der Waals surface area contributed by atoms with Gasteiger partial charge >= 0.3 is 0 Å². The zero-order valence-electron chi connectivity index (χ0n) is 6.97. The van der Waals surface area contributed by atoms with Gasteiger partial charge in [-0.15, -0.1) is 0 Å². The highest BCUT2D eigenvalue weighted by Gasteiger charge is 2.21. The Morgan fingerprint density at radius 1 is 1.62 bits per heavy atom. The zero-order valence-corrected chi connectivity index (χ0v) is 7.79. The Balaban J connectivity index is 2.05. The molecule has 0 bridgehead atoms. The van der Waals surface area contributed by atoms with Crippen LogP contribution in [-0.4, -0.2) is 33.4 Å². The van der Waals surface area contributed by atoms with Crippen LogP contribution in [0.3, 0.4) is 0 Å². The largest absolute Gasteiger partial charge is 0.387 e. The standard InChI is InChI=1S/C7H10N2O3S/c10-3-6-8-7(9-12-6)5-4-13-2-1-11-5/h5,10H,1-4H2. The topological polar surface area (TPSA) is 68.4 Å². The molecular formula is C7H10N2O3S. The molecule has 2 heterocycles. The van der Waals surface area contributed by atoms with E-state index in [1.165, 1.54) is 0 Å². The molecule has 0 saturated carbocycles. The summed E-state index contributed by atoms with van der Waals surface area (Å²) in [6, 6.07) is 0. The molecule has 1 aliphatic rings. The number of nitrogens with zero attached hydrogens (tertiary/aromatic N) is 2. The van der Waals surface area contributed by atoms with Gasteiger partial charge in [-0.25, -0.2) is 0 Å². The molecule has 1 fully saturated rings. The molecule has 0 radical (unpaired) electrons. The molecule has 1 aromatic rings. The van der Waals surface area contributed by atoms with Crippen LogP contribution in [0.4, 0.5) is 0 Å². The zero-order chi connectivity index (χ0) is 9.10. The molecule has 13 heavy (non-hydrogen) atoms. The summed E-state index contributed by atoms with van der Waals surface area (Å²) in [5.74, 6) is 2.65. The lowest BCUT2D eigenvalue weighted by molar-refractivity contribution is 0.0677. The normalized spacial score (nSPS) is 23.3. The van der Waals surface area contributed by atoms with E-state index in [1.807, 2.05) is 0 Å². The Kier molecular flexibility index (Phi) is 2.82. The first-order chi connectivity index (χ1) is 6.40. The Hall–Kier alpha value is -0.590. The van der Waals surface area contributed by atoms with Crippen molar-refractivity contribution >= 4 is 11.8 Å². The van der Waals surface area contributed by atoms with Crippen molar-refractivity contribution in [2.75, 3.05) is 18.1 Å². The fourth-order valence-corrected chi connectivity index (χ4v) is 1.94. The highest BCUT2D eigenvalue weighted by atomic mass is 32.2. The maximum Gasteiger partial charge on any atom is 0.252 e. The van der Waals surface area contributed by atoms with Crippen LogP contribution >= 0.6 is 11.8 Å². The van der Waals surface area contributed by atoms with Gasteiger partial charge in [-0.05, 0) is 0 Å². The van der Waals surface area contributed by atoms with Gasteiger partial charge in [-0.3, -0.25) is 0 Å². The minimum Gasteiger partial charge on any atom is -0.387 e. The molecule has 5 nitrogen and oxygen atoms in total. The van der Waals surface area contributed by atoms with Gasteiger partial charge < -0.3 is 14.4 Å². The quantitative estimate of drug-likeness (QED) is 0.747. The molecule has 0 aromatic carbocycles. The maximum atomic E-state index is 8.71. The van der Waals surface area contributed by atoms with Crippen molar-refractivity contribution in [2.24, 2.45) is 0 Å². The number of aliphatic hydroxyl groups excluding tert-OH is 1. The number of hydrogen-bond acceptors (Lipinski definition) is 6. The second-order valence-corrected chi connectivity index (χ2v) is 3.79. The van der Waals surface area contributed by atoms with Crippen molar-refractivity contribution in [3.63, 3.8) is 0 Å². The SMILES string of the molecule is OCc1nc(C2CSCCO2)no1. The van der Waals surface area contributed by atoms with Gasteiger partial charge in [0.05, 0.1) is 6.61 Å². The number of rotatable bonds is 2. The van der Waals surface area contributed by atoms with Gasteiger partial charge in [0.15, 0.2) is 0 Å². The summed E-state index contributed by atoms with van der Waals surface area (Å²) >= 11 is 1.81. The van der Waals surface area contributed by atoms with Crippen LogP contribution in [0.2, 0.25) is 0 Å². The molecule has 72 valence electrons. The van der Waals surface area contributed by atoms with Crippen molar-refractivity contribution in [2.45, 2.75) is 12.7 Å². The van der Waals surface area contributed by atoms with Crippen molar-refractivity contribution < 1.29 is 14.4 Å². The monoisotopic (exact) mass is 202 g/mol. The molecule has 6 heteroatoms. The number of ether oxygens (including phenoxy) is 1. The minimum absolute atomic E-state index is 0.0807. The van der Waals surface area contributed by atoms with E-state index in [0.29, 0.717) is 5.82 Å². The summed E-state index contributed by atoms with van der Waals surface area (Å²) in [6.07, 6.45) is -0.0807. The summed E-state index contributed by atoms with van der Waals surface area (Å²) < 4.78 is 10.2. The predicted molar refractivity (Wildman–Crippen MR) is 46.2 cm³/mol. The van der Waals surface area contributed by atoms with Gasteiger partial charge in [0.1, 0.15) is 12.7 Å². The molecule has 1 aromatic heterocycles. The number of aliphatic hydroxyl groups is 1. The fourth-order valence-electron chi connectivity index (χ4n) is 1.10. The smallest absolute Gasteiger partial charge is 0.252 e. The maximum absolute atomic E-state index is 8.71. The third-order valence-electron chi connectivity index (χ3n) is 1.72. The highest BCUT2D eigenvalue weighted by molar-refractivity contribution is 7.99. The lowest BCUT2D eigenvalue weighted by Crippen LogP contribution is -2.16. The number of thioether (sulfide) groups is 1. The van der Waals surface area contributed by atoms with Crippen molar-refractivity contribution in [3.05, 3.63) is 11.7 Å². The fraction of sp³-hybridized carbons (Fsp3) is 0.714. The van der Waals surface area contributed by atoms with Gasteiger partial charge in [-0.1, -0.05) is 5.16 Å². The van der Waals surface area contributed by atoms with Crippen LogP contribution in [0.1, 0.15) is 17.8 Å². The summed E-state index contributed by atoms with van der Waals surface area (Å²) in [4.78, 5) is 3.99. The molecule has 0 amide bonds. The van der Waals surface area contributed by atoms with Crippen molar-refractivity contribution in [1.29, 1.82) is 0 Å². The van der Waals surface area contributed by atoms with Gasteiger partial charge in [0.2, 0.25) is 5.82 Å². The van der Waals surface area contributed by atoms with Crippen molar-refractivity contribution in [3.8, 4) is 0 Å². The molecule has 1 atom stereocenters. The Morgan fingerprint density at radius 3 is 3.15 bits per heavy atom. The Morgan fingerprint density at radius 2 is 2.54 bits per heavy atom. The first-order valence-electron chi connectivity index (χ1n) is 4.03. The molecule has 2 rings (SSSR count). The van der Waals surface area contributed by atoms with Gasteiger partial charge in [0, 0.05) is 11.5 Å². The average Bonchev–Trinajstić information content (AvgIpc) is 2.67. The second-order valence-electron chi connectivity index (χ2n) is 2.64. The van der Waals surface area contributed by atoms with Crippen LogP contribution in [-0.2, 0) is 11.3 Å². The van der Waals surface area contributed by atoms with E-state index in [9.17, 15) is 0 Å². The van der Waals surface area contributed by atoms with Gasteiger partial charge in [0.25, 0.3) is 5.89 Å². The predicted octanol–water partition coefficient (Wildman–Crippen LogP) is 0.366. The van der Waals surface area contributed by atoms with E-state index in [2.05, 4.69) is 10.1 Å². The van der Waals surface area contributed by atoms with Crippen LogP contribution in [0.15, 0.2) is 4.52 Å². The molecule has 0 aliphatic carbocycles. The van der Waals surface area contributed by atoms with E-state index in [4.69, 9.17) is 14.4 Å². The van der Waals surface area contributed by atoms with Crippen LogP contribution in [0.5, 0.6) is 0 Å². The Bertz CT molecular complexity index is 272. The Labute approximate surface area is 79.5 Å². The van der Waals surface area contributed by atoms with Crippen LogP contribution in [0.25, 0.3) is 0 Å². The van der Waals surface area contributed by atoms with E-state index >= 15 is 0 Å². The van der Waals surface area contributed by atoms with E-state index in [-0.39, 0.29) is 18.6 Å². The molecular weight excluding hydrogens is 192 g/mol. The highest BCUT2D eigenvalue weighted by Crippen LogP contribution is 2.24. The third kappa shape index (κ3) is 2.01. The third-order valence-corrected chi connectivity index (χ3v) is 2.72. The number of aromatic nitrogens is 2. The molecule has 1 saturated heterocycles. The van der Waals surface area contributed by atoms with Crippen molar-refractivity contribution in [1.82, 2.24) is 10.1 Å². The lowest BCUT2D eigenvalue weighted by atomic mass is 10.4. The lowest BCUT2D eigenvalue weighted by Gasteiger charge is -2.18. The average molecular weight is 202 g/mol. The summed E-state index contributed by atoms with van der Waals surface area (Å²) in [6.45, 7) is 0.505. The molecule has 0 spiro atoms. The van der Waals surface area contributed by atoms with E-state index in [1.54, 1.807) is 11.8 Å². The van der Waals surface area contributed by atoms with Crippen LogP contribution < -0.4 is 0 Å². The summed E-state index contributed by atoms with van der Waals surface area (Å²) in [5.41, 5.74) is 0. The summed E-state index contributed by atoms with van der Waals surface area (Å²) in [5, 5.41) is 12.4. The second kappa shape index (κ2) is 4.08. The van der Waals surface area contributed by atoms with E-state index < -0.39 is 0 Å². The van der Waals surface area contributed by atoms with Gasteiger partial charge in [-0.2, -0.15) is 16.7 Å². The first kappa shape index (κ1) is 8.98. The number of hydrogen-bond donors (Lipinski definition) is 1. The molecule has 1 unspecified atom stereocenters. The summed E-state index contributed by atoms with van der Waals surface area (Å²) in [7, 11) is 0. The van der Waals surface area contributed by atoms with E-state index in [0.717, 1.165) is 18.1 Å². The minimum atomic E-state index is -0.215. The molecule has 1 N–H and O–H groups in total. The first-order valence-corrected chi connectivity index (χ1v) is 5.18.